The molecule has 4 heteroatoms. The Hall–Kier alpha value is 0.270. The number of alkyl halides is 1. The molecule has 0 amide bonds. The maximum Gasteiger partial charge on any atom is 0.137 e. The monoisotopic (exact) mass is 352 g/mol. The van der Waals surface area contributed by atoms with Crippen LogP contribution in [0.25, 0.3) is 0 Å². The van der Waals surface area contributed by atoms with Gasteiger partial charge in [0.1, 0.15) is 5.75 Å². The molecule has 82 valence electrons. The van der Waals surface area contributed by atoms with Crippen LogP contribution in [0.2, 0.25) is 5.02 Å². The van der Waals surface area contributed by atoms with E-state index >= 15 is 0 Å². The van der Waals surface area contributed by atoms with Crippen molar-refractivity contribution in [2.24, 2.45) is 5.41 Å². The van der Waals surface area contributed by atoms with Crippen LogP contribution in [-0.4, -0.2) is 11.9 Å². The van der Waals surface area contributed by atoms with Gasteiger partial charge in [-0.15, -0.1) is 0 Å². The van der Waals surface area contributed by atoms with Gasteiger partial charge < -0.3 is 4.74 Å². The van der Waals surface area contributed by atoms with E-state index in [-0.39, 0.29) is 0 Å². The van der Waals surface area contributed by atoms with Gasteiger partial charge in [0.2, 0.25) is 0 Å². The molecule has 0 heterocycles. The van der Waals surface area contributed by atoms with E-state index in [0.29, 0.717) is 10.4 Å². The molecular weight excluding hydrogens is 343 g/mol. The average molecular weight is 354 g/mol. The fourth-order valence-electron chi connectivity index (χ4n) is 1.32. The molecule has 1 nitrogen and oxygen atoms in total. The fraction of sp³-hybridized carbons (Fsp3) is 0.455. The Balaban J connectivity index is 1.99. The molecule has 0 N–H and O–H groups in total. The molecule has 1 fully saturated rings. The molecule has 1 aliphatic rings. The highest BCUT2D eigenvalue weighted by Gasteiger charge is 2.42. The summed E-state index contributed by atoms with van der Waals surface area (Å²) in [5.74, 6) is 0.770. The summed E-state index contributed by atoms with van der Waals surface area (Å²) < 4.78 is 6.70. The summed E-state index contributed by atoms with van der Waals surface area (Å²) in [6, 6.07) is 5.69. The van der Waals surface area contributed by atoms with Crippen molar-refractivity contribution in [1.82, 2.24) is 0 Å². The molecule has 1 aromatic rings. The highest BCUT2D eigenvalue weighted by Crippen LogP contribution is 2.47. The van der Waals surface area contributed by atoms with Gasteiger partial charge in [0.05, 0.1) is 11.6 Å². The van der Waals surface area contributed by atoms with Crippen LogP contribution in [0.4, 0.5) is 0 Å². The van der Waals surface area contributed by atoms with Crippen molar-refractivity contribution in [2.75, 3.05) is 11.9 Å². The predicted molar refractivity (Wildman–Crippen MR) is 70.1 cm³/mol. The summed E-state index contributed by atoms with van der Waals surface area (Å²) in [6.07, 6.45) is 2.48. The maximum absolute atomic E-state index is 6.06. The first-order valence-electron chi connectivity index (χ1n) is 4.79. The number of rotatable bonds is 4. The van der Waals surface area contributed by atoms with Crippen LogP contribution in [0.15, 0.2) is 22.7 Å². The normalized spacial score (nSPS) is 17.5. The van der Waals surface area contributed by atoms with Gasteiger partial charge in [-0.25, -0.2) is 0 Å². The van der Waals surface area contributed by atoms with E-state index < -0.39 is 0 Å². The summed E-state index contributed by atoms with van der Waals surface area (Å²) in [5, 5.41) is 1.67. The van der Waals surface area contributed by atoms with E-state index in [1.54, 1.807) is 0 Å². The second-order valence-electron chi connectivity index (χ2n) is 4.00. The number of ether oxygens (including phenoxy) is 1. The van der Waals surface area contributed by atoms with Gasteiger partial charge in [-0.3, -0.25) is 0 Å². The third kappa shape index (κ3) is 2.89. The first-order valence-corrected chi connectivity index (χ1v) is 7.08. The highest BCUT2D eigenvalue weighted by atomic mass is 79.9. The summed E-state index contributed by atoms with van der Waals surface area (Å²) in [6.45, 7) is 0.750. The maximum atomic E-state index is 6.06. The minimum atomic E-state index is 0.358. The van der Waals surface area contributed by atoms with Crippen LogP contribution in [-0.2, 0) is 0 Å². The van der Waals surface area contributed by atoms with E-state index in [1.165, 1.54) is 12.8 Å². The Labute approximate surface area is 111 Å². The molecular formula is C11H11Br2ClO. The number of hydrogen-bond acceptors (Lipinski definition) is 1. The Morgan fingerprint density at radius 2 is 2.13 bits per heavy atom. The molecule has 0 aliphatic heterocycles. The average Bonchev–Trinajstić information content (AvgIpc) is 2.97. The van der Waals surface area contributed by atoms with Crippen LogP contribution in [0.5, 0.6) is 5.75 Å². The van der Waals surface area contributed by atoms with Crippen molar-refractivity contribution < 1.29 is 4.74 Å². The van der Waals surface area contributed by atoms with Crippen molar-refractivity contribution in [1.29, 1.82) is 0 Å². The van der Waals surface area contributed by atoms with E-state index in [2.05, 4.69) is 31.9 Å². The molecule has 1 aromatic carbocycles. The van der Waals surface area contributed by atoms with Crippen LogP contribution >= 0.6 is 43.5 Å². The highest BCUT2D eigenvalue weighted by molar-refractivity contribution is 9.10. The molecule has 0 aromatic heterocycles. The summed E-state index contributed by atoms with van der Waals surface area (Å²) in [5.41, 5.74) is 0.358. The zero-order chi connectivity index (χ0) is 10.9. The van der Waals surface area contributed by atoms with Gasteiger partial charge in [0.25, 0.3) is 0 Å². The van der Waals surface area contributed by atoms with E-state index in [9.17, 15) is 0 Å². The molecule has 0 bridgehead atoms. The summed E-state index contributed by atoms with van der Waals surface area (Å²) in [4.78, 5) is 0. The molecule has 1 aliphatic carbocycles. The lowest BCUT2D eigenvalue weighted by Crippen LogP contribution is -2.14. The van der Waals surface area contributed by atoms with Crippen molar-refractivity contribution in [3.8, 4) is 5.75 Å². The lowest BCUT2D eigenvalue weighted by atomic mass is 10.2. The predicted octanol–water partition coefficient (Wildman–Crippen LogP) is 4.66. The Kier molecular flexibility index (Phi) is 3.63. The van der Waals surface area contributed by atoms with Crippen LogP contribution in [0.3, 0.4) is 0 Å². The van der Waals surface area contributed by atoms with E-state index in [1.807, 2.05) is 18.2 Å². The van der Waals surface area contributed by atoms with Gasteiger partial charge in [-0.05, 0) is 31.0 Å². The fourth-order valence-corrected chi connectivity index (χ4v) is 2.77. The van der Waals surface area contributed by atoms with Crippen molar-refractivity contribution in [3.63, 3.8) is 0 Å². The van der Waals surface area contributed by atoms with Crippen molar-refractivity contribution in [3.05, 3.63) is 27.7 Å². The topological polar surface area (TPSA) is 9.23 Å². The standard InChI is InChI=1S/C11H11Br2ClO/c12-6-11(3-4-11)7-15-10-2-1-8(13)5-9(10)14/h1-2,5H,3-4,6-7H2. The molecule has 0 saturated heterocycles. The smallest absolute Gasteiger partial charge is 0.137 e. The molecule has 15 heavy (non-hydrogen) atoms. The van der Waals surface area contributed by atoms with Gasteiger partial charge in [0, 0.05) is 15.2 Å². The zero-order valence-electron chi connectivity index (χ0n) is 8.10. The largest absolute Gasteiger partial charge is 0.491 e. The van der Waals surface area contributed by atoms with E-state index in [0.717, 1.165) is 22.2 Å². The first kappa shape index (κ1) is 11.7. The summed E-state index contributed by atoms with van der Waals surface area (Å²) in [7, 11) is 0. The third-order valence-corrected chi connectivity index (χ3v) is 4.65. The Morgan fingerprint density at radius 3 is 2.67 bits per heavy atom. The second kappa shape index (κ2) is 4.64. The quantitative estimate of drug-likeness (QED) is 0.715. The number of benzene rings is 1. The molecule has 0 unspecified atom stereocenters. The summed E-state index contributed by atoms with van der Waals surface area (Å²) >= 11 is 12.9. The molecule has 1 saturated carbocycles. The van der Waals surface area contributed by atoms with Crippen LogP contribution in [0, 0.1) is 5.41 Å². The molecule has 0 atom stereocenters. The number of halogens is 3. The second-order valence-corrected chi connectivity index (χ2v) is 5.88. The minimum absolute atomic E-state index is 0.358. The molecule has 2 rings (SSSR count). The minimum Gasteiger partial charge on any atom is -0.491 e. The van der Waals surface area contributed by atoms with Gasteiger partial charge >= 0.3 is 0 Å². The lowest BCUT2D eigenvalue weighted by molar-refractivity contribution is 0.251. The molecule has 0 spiro atoms. The van der Waals surface area contributed by atoms with Gasteiger partial charge in [-0.1, -0.05) is 43.5 Å². The number of hydrogen-bond donors (Lipinski definition) is 0. The van der Waals surface area contributed by atoms with Crippen molar-refractivity contribution in [2.45, 2.75) is 12.8 Å². The van der Waals surface area contributed by atoms with Gasteiger partial charge in [-0.2, -0.15) is 0 Å². The lowest BCUT2D eigenvalue weighted by Gasteiger charge is -2.14. The zero-order valence-corrected chi connectivity index (χ0v) is 12.0. The van der Waals surface area contributed by atoms with Crippen LogP contribution < -0.4 is 4.74 Å². The first-order chi connectivity index (χ1) is 7.15. The molecule has 0 radical (unpaired) electrons. The SMILES string of the molecule is Clc1cc(Br)ccc1OCC1(CBr)CC1. The van der Waals surface area contributed by atoms with Crippen molar-refractivity contribution >= 4 is 43.5 Å². The Morgan fingerprint density at radius 1 is 1.40 bits per heavy atom. The van der Waals surface area contributed by atoms with Gasteiger partial charge in [0.15, 0.2) is 0 Å². The third-order valence-electron chi connectivity index (χ3n) is 2.67. The Bertz CT molecular complexity index is 364. The van der Waals surface area contributed by atoms with E-state index in [4.69, 9.17) is 16.3 Å². The van der Waals surface area contributed by atoms with Crippen LogP contribution in [0.1, 0.15) is 12.8 Å².